The summed E-state index contributed by atoms with van der Waals surface area (Å²) >= 11 is 1.47. The fraction of sp³-hybridized carbons (Fsp3) is 0.667. The number of alkyl halides is 3. The maximum absolute atomic E-state index is 12.2. The number of aromatic nitrogens is 1. The second kappa shape index (κ2) is 8.31. The zero-order valence-corrected chi connectivity index (χ0v) is 15.0. The summed E-state index contributed by atoms with van der Waals surface area (Å²) in [6.07, 6.45) is -3.11. The Morgan fingerprint density at radius 1 is 1.31 bits per heavy atom. The summed E-state index contributed by atoms with van der Waals surface area (Å²) in [5, 5.41) is 8.95. The maximum Gasteiger partial charge on any atom is 0.490 e. The van der Waals surface area contributed by atoms with Crippen molar-refractivity contribution in [3.63, 3.8) is 0 Å². The van der Waals surface area contributed by atoms with Crippen molar-refractivity contribution >= 4 is 23.2 Å². The Morgan fingerprint density at radius 3 is 2.38 bits per heavy atom. The van der Waals surface area contributed by atoms with Crippen molar-refractivity contribution in [3.05, 3.63) is 16.6 Å². The summed E-state index contributed by atoms with van der Waals surface area (Å²) in [5.74, 6) is -2.69. The number of thiazole rings is 1. The van der Waals surface area contributed by atoms with Crippen LogP contribution in [0.3, 0.4) is 0 Å². The lowest BCUT2D eigenvalue weighted by Gasteiger charge is -2.49. The Balaban J connectivity index is 0.000000298. The first-order chi connectivity index (χ1) is 12.2. The molecule has 0 unspecified atom stereocenters. The van der Waals surface area contributed by atoms with Crippen molar-refractivity contribution in [2.24, 2.45) is 0 Å². The Hall–Kier alpha value is -1.72. The van der Waals surface area contributed by atoms with Gasteiger partial charge in [0.2, 0.25) is 0 Å². The fourth-order valence-corrected chi connectivity index (χ4v) is 3.47. The van der Waals surface area contributed by atoms with Crippen molar-refractivity contribution in [2.45, 2.75) is 24.6 Å². The molecule has 0 bridgehead atoms. The first-order valence-electron chi connectivity index (χ1n) is 7.92. The molecule has 0 aliphatic carbocycles. The number of ether oxygens (including phenoxy) is 1. The average Bonchev–Trinajstić information content (AvgIpc) is 3.12. The SMILES string of the molecule is CN1CCOCC12CCN(C(=O)c1cscn1)CC2.O=C(O)C(F)(F)F. The van der Waals surface area contributed by atoms with E-state index in [0.29, 0.717) is 5.69 Å². The third kappa shape index (κ3) is 4.92. The molecule has 146 valence electrons. The number of aliphatic carboxylic acids is 1. The molecule has 1 aromatic heterocycles. The van der Waals surface area contributed by atoms with Gasteiger partial charge < -0.3 is 14.7 Å². The van der Waals surface area contributed by atoms with Crippen LogP contribution in [-0.4, -0.2) is 83.4 Å². The van der Waals surface area contributed by atoms with Crippen LogP contribution < -0.4 is 0 Å². The molecule has 2 fully saturated rings. The van der Waals surface area contributed by atoms with E-state index in [9.17, 15) is 18.0 Å². The lowest BCUT2D eigenvalue weighted by Crippen LogP contribution is -2.60. The molecule has 1 amide bonds. The van der Waals surface area contributed by atoms with E-state index in [4.69, 9.17) is 14.6 Å². The molecule has 0 saturated carbocycles. The molecule has 1 N–H and O–H groups in total. The number of carbonyl (C=O) groups is 2. The second-order valence-electron chi connectivity index (χ2n) is 6.17. The van der Waals surface area contributed by atoms with Crippen LogP contribution in [0.25, 0.3) is 0 Å². The highest BCUT2D eigenvalue weighted by atomic mass is 32.1. The number of likely N-dealkylation sites (N-methyl/N-ethyl adjacent to an activating group) is 1. The summed E-state index contributed by atoms with van der Waals surface area (Å²) in [5.41, 5.74) is 2.42. The van der Waals surface area contributed by atoms with Gasteiger partial charge in [0.25, 0.3) is 5.91 Å². The maximum atomic E-state index is 12.2. The fourth-order valence-electron chi connectivity index (χ4n) is 2.94. The lowest BCUT2D eigenvalue weighted by atomic mass is 9.85. The van der Waals surface area contributed by atoms with Crippen molar-refractivity contribution in [3.8, 4) is 0 Å². The number of hydrogen-bond acceptors (Lipinski definition) is 6. The van der Waals surface area contributed by atoms with Gasteiger partial charge in [-0.1, -0.05) is 0 Å². The van der Waals surface area contributed by atoms with Gasteiger partial charge in [0.1, 0.15) is 5.69 Å². The first-order valence-corrected chi connectivity index (χ1v) is 8.86. The van der Waals surface area contributed by atoms with Crippen LogP contribution in [0.4, 0.5) is 13.2 Å². The van der Waals surface area contributed by atoms with Crippen LogP contribution in [0.2, 0.25) is 0 Å². The van der Waals surface area contributed by atoms with Gasteiger partial charge in [-0.05, 0) is 19.9 Å². The van der Waals surface area contributed by atoms with Crippen LogP contribution in [0.15, 0.2) is 10.9 Å². The van der Waals surface area contributed by atoms with Gasteiger partial charge in [0, 0.05) is 30.6 Å². The van der Waals surface area contributed by atoms with E-state index in [1.165, 1.54) is 11.3 Å². The number of nitrogens with zero attached hydrogens (tertiary/aromatic N) is 3. The van der Waals surface area contributed by atoms with Crippen molar-refractivity contribution in [2.75, 3.05) is 39.9 Å². The smallest absolute Gasteiger partial charge is 0.475 e. The van der Waals surface area contributed by atoms with Crippen LogP contribution in [0.5, 0.6) is 0 Å². The second-order valence-corrected chi connectivity index (χ2v) is 6.89. The van der Waals surface area contributed by atoms with E-state index in [2.05, 4.69) is 16.9 Å². The van der Waals surface area contributed by atoms with Gasteiger partial charge in [-0.2, -0.15) is 13.2 Å². The van der Waals surface area contributed by atoms with Crippen LogP contribution in [-0.2, 0) is 9.53 Å². The highest BCUT2D eigenvalue weighted by Crippen LogP contribution is 2.31. The van der Waals surface area contributed by atoms with Gasteiger partial charge in [0.15, 0.2) is 0 Å². The van der Waals surface area contributed by atoms with E-state index in [0.717, 1.165) is 45.7 Å². The average molecular weight is 395 g/mol. The third-order valence-corrected chi connectivity index (χ3v) is 5.21. The third-order valence-electron chi connectivity index (χ3n) is 4.63. The Labute approximate surface area is 152 Å². The quantitative estimate of drug-likeness (QED) is 0.780. The molecule has 2 saturated heterocycles. The molecule has 2 aliphatic heterocycles. The number of carboxylic acids is 1. The topological polar surface area (TPSA) is 83.0 Å². The molecule has 0 radical (unpaired) electrons. The number of rotatable bonds is 1. The van der Waals surface area contributed by atoms with E-state index in [1.54, 1.807) is 5.51 Å². The van der Waals surface area contributed by atoms with Crippen molar-refractivity contribution < 1.29 is 32.6 Å². The number of carbonyl (C=O) groups excluding carboxylic acids is 1. The van der Waals surface area contributed by atoms with Crippen molar-refractivity contribution in [1.82, 2.24) is 14.8 Å². The number of morpholine rings is 1. The summed E-state index contributed by atoms with van der Waals surface area (Å²) in [4.78, 5) is 29.6. The number of amides is 1. The normalized spacial score (nSPS) is 20.4. The Bertz CT molecular complexity index is 616. The predicted molar refractivity (Wildman–Crippen MR) is 87.1 cm³/mol. The van der Waals surface area contributed by atoms with Crippen molar-refractivity contribution in [1.29, 1.82) is 0 Å². The minimum atomic E-state index is -5.08. The highest BCUT2D eigenvalue weighted by Gasteiger charge is 2.41. The van der Waals surface area contributed by atoms with Crippen LogP contribution in [0, 0.1) is 0 Å². The predicted octanol–water partition coefficient (Wildman–Crippen LogP) is 1.71. The molecule has 1 spiro atoms. The largest absolute Gasteiger partial charge is 0.490 e. The van der Waals surface area contributed by atoms with Gasteiger partial charge in [-0.3, -0.25) is 9.69 Å². The number of likely N-dealkylation sites (tertiary alicyclic amines) is 1. The zero-order valence-electron chi connectivity index (χ0n) is 14.2. The molecular weight excluding hydrogens is 375 g/mol. The molecule has 3 heterocycles. The molecular formula is C15H20F3N3O4S. The monoisotopic (exact) mass is 395 g/mol. The van der Waals surface area contributed by atoms with E-state index in [-0.39, 0.29) is 11.4 Å². The van der Waals surface area contributed by atoms with E-state index in [1.807, 2.05) is 10.3 Å². The Kier molecular flexibility index (Phi) is 6.58. The molecule has 1 aromatic rings. The molecule has 0 aromatic carbocycles. The highest BCUT2D eigenvalue weighted by molar-refractivity contribution is 7.07. The molecule has 7 nitrogen and oxygen atoms in total. The molecule has 3 rings (SSSR count). The number of piperidine rings is 1. The number of hydrogen-bond donors (Lipinski definition) is 1. The summed E-state index contributed by atoms with van der Waals surface area (Å²) in [6.45, 7) is 4.19. The molecule has 0 atom stereocenters. The van der Waals surface area contributed by atoms with Gasteiger partial charge >= 0.3 is 12.1 Å². The minimum Gasteiger partial charge on any atom is -0.475 e. The van der Waals surface area contributed by atoms with Gasteiger partial charge in [-0.25, -0.2) is 9.78 Å². The van der Waals surface area contributed by atoms with Gasteiger partial charge in [0.05, 0.1) is 18.7 Å². The summed E-state index contributed by atoms with van der Waals surface area (Å²) < 4.78 is 37.4. The summed E-state index contributed by atoms with van der Waals surface area (Å²) in [7, 11) is 2.17. The van der Waals surface area contributed by atoms with Crippen LogP contribution in [0.1, 0.15) is 23.3 Å². The van der Waals surface area contributed by atoms with E-state index >= 15 is 0 Å². The van der Waals surface area contributed by atoms with Gasteiger partial charge in [-0.15, -0.1) is 11.3 Å². The minimum absolute atomic E-state index is 0.0653. The number of carboxylic acid groups (broad SMARTS) is 1. The molecule has 2 aliphatic rings. The number of halogens is 3. The van der Waals surface area contributed by atoms with E-state index < -0.39 is 12.1 Å². The first kappa shape index (κ1) is 20.6. The zero-order chi connectivity index (χ0) is 19.4. The Morgan fingerprint density at radius 2 is 1.92 bits per heavy atom. The molecule has 26 heavy (non-hydrogen) atoms. The van der Waals surface area contributed by atoms with Crippen LogP contribution >= 0.6 is 11.3 Å². The lowest BCUT2D eigenvalue weighted by molar-refractivity contribution is -0.192. The summed E-state index contributed by atoms with van der Waals surface area (Å²) in [6, 6.07) is 0. The standard InChI is InChI=1S/C13H19N3O2S.C2HF3O2/c1-15-6-7-18-9-13(15)2-4-16(5-3-13)12(17)11-8-19-10-14-11;3-2(4,5)1(6)7/h8,10H,2-7,9H2,1H3;(H,6,7). The molecule has 11 heteroatoms.